The first-order valence-electron chi connectivity index (χ1n) is 8.62. The molecule has 0 spiro atoms. The van der Waals surface area contributed by atoms with E-state index in [9.17, 15) is 4.79 Å². The highest BCUT2D eigenvalue weighted by Gasteiger charge is 2.29. The van der Waals surface area contributed by atoms with Gasteiger partial charge in [0.15, 0.2) is 0 Å². The number of amides is 1. The van der Waals surface area contributed by atoms with E-state index in [4.69, 9.17) is 4.74 Å². The van der Waals surface area contributed by atoms with E-state index >= 15 is 0 Å². The van der Waals surface area contributed by atoms with Crippen LogP contribution in [0.3, 0.4) is 0 Å². The molecule has 2 aliphatic rings. The molecule has 1 aromatic rings. The summed E-state index contributed by atoms with van der Waals surface area (Å²) in [6, 6.07) is 8.43. The van der Waals surface area contributed by atoms with E-state index in [1.165, 1.54) is 6.42 Å². The zero-order valence-corrected chi connectivity index (χ0v) is 14.0. The number of carbonyl (C=O) groups is 1. The number of hydrogen-bond donors (Lipinski definition) is 2. The monoisotopic (exact) mass is 317 g/mol. The lowest BCUT2D eigenvalue weighted by molar-refractivity contribution is -0.127. The third-order valence-corrected chi connectivity index (χ3v) is 5.06. The van der Waals surface area contributed by atoms with Crippen molar-refractivity contribution in [3.8, 4) is 5.75 Å². The summed E-state index contributed by atoms with van der Waals surface area (Å²) in [5, 5.41) is 6.56. The van der Waals surface area contributed by atoms with Crippen LogP contribution in [-0.4, -0.2) is 49.6 Å². The summed E-state index contributed by atoms with van der Waals surface area (Å²) in [5.74, 6) is 1.01. The molecular weight excluding hydrogens is 290 g/mol. The van der Waals surface area contributed by atoms with Crippen molar-refractivity contribution in [1.82, 2.24) is 15.5 Å². The van der Waals surface area contributed by atoms with E-state index < -0.39 is 0 Å². The molecule has 2 N–H and O–H groups in total. The van der Waals surface area contributed by atoms with Crippen molar-refractivity contribution >= 4 is 5.91 Å². The van der Waals surface area contributed by atoms with Gasteiger partial charge in [-0.3, -0.25) is 9.69 Å². The van der Waals surface area contributed by atoms with E-state index in [2.05, 4.69) is 15.5 Å². The topological polar surface area (TPSA) is 53.6 Å². The second kappa shape index (κ2) is 7.32. The predicted molar refractivity (Wildman–Crippen MR) is 90.6 cm³/mol. The Kier molecular flexibility index (Phi) is 5.18. The Hall–Kier alpha value is -1.59. The fourth-order valence-corrected chi connectivity index (χ4v) is 3.54. The summed E-state index contributed by atoms with van der Waals surface area (Å²) in [5.41, 5.74) is 1.09. The third-order valence-electron chi connectivity index (χ3n) is 5.06. The van der Waals surface area contributed by atoms with E-state index in [1.807, 2.05) is 38.2 Å². The summed E-state index contributed by atoms with van der Waals surface area (Å²) in [4.78, 5) is 15.0. The van der Waals surface area contributed by atoms with Gasteiger partial charge < -0.3 is 15.4 Å². The Bertz CT molecular complexity index is 549. The maximum absolute atomic E-state index is 12.7. The van der Waals surface area contributed by atoms with Crippen LogP contribution in [0.4, 0.5) is 0 Å². The molecule has 5 heteroatoms. The number of nitrogens with zero attached hydrogens (tertiary/aromatic N) is 1. The number of likely N-dealkylation sites (N-methyl/N-ethyl adjacent to an activating group) is 1. The second-order valence-electron chi connectivity index (χ2n) is 6.53. The molecule has 2 aliphatic heterocycles. The lowest BCUT2D eigenvalue weighted by Gasteiger charge is -2.37. The number of rotatable bonds is 4. The number of fused-ring (bicyclic) bond motifs is 1. The van der Waals surface area contributed by atoms with Crippen LogP contribution in [0.15, 0.2) is 24.3 Å². The van der Waals surface area contributed by atoms with Gasteiger partial charge in [0.05, 0.1) is 18.7 Å². The molecule has 23 heavy (non-hydrogen) atoms. The average molecular weight is 317 g/mol. The lowest BCUT2D eigenvalue weighted by atomic mass is 9.99. The second-order valence-corrected chi connectivity index (χ2v) is 6.53. The smallest absolute Gasteiger partial charge is 0.237 e. The maximum Gasteiger partial charge on any atom is 0.237 e. The minimum absolute atomic E-state index is 0.0554. The summed E-state index contributed by atoms with van der Waals surface area (Å²) in [6.45, 7) is 4.60. The molecule has 126 valence electrons. The number of para-hydroxylation sites is 1. The molecule has 5 nitrogen and oxygen atoms in total. The van der Waals surface area contributed by atoms with Gasteiger partial charge in [0, 0.05) is 24.6 Å². The normalized spacial score (nSPS) is 26.0. The van der Waals surface area contributed by atoms with Crippen LogP contribution in [-0.2, 0) is 4.79 Å². The molecule has 3 rings (SSSR count). The van der Waals surface area contributed by atoms with Crippen LogP contribution in [0, 0.1) is 0 Å². The molecular formula is C18H27N3O2. The highest BCUT2D eigenvalue weighted by atomic mass is 16.5. The maximum atomic E-state index is 12.7. The predicted octanol–water partition coefficient (Wildman–Crippen LogP) is 1.70. The van der Waals surface area contributed by atoms with Crippen molar-refractivity contribution in [2.45, 2.75) is 44.3 Å². The molecule has 3 unspecified atom stereocenters. The van der Waals surface area contributed by atoms with Gasteiger partial charge in [-0.1, -0.05) is 18.2 Å². The number of carbonyl (C=O) groups excluding carboxylic acids is 1. The largest absolute Gasteiger partial charge is 0.493 e. The van der Waals surface area contributed by atoms with Gasteiger partial charge in [0.25, 0.3) is 0 Å². The van der Waals surface area contributed by atoms with Crippen molar-refractivity contribution in [2.24, 2.45) is 0 Å². The molecule has 0 bridgehead atoms. The zero-order chi connectivity index (χ0) is 16.2. The number of benzene rings is 1. The summed E-state index contributed by atoms with van der Waals surface area (Å²) < 4.78 is 5.67. The van der Waals surface area contributed by atoms with Crippen LogP contribution < -0.4 is 15.4 Å². The Balaban J connectivity index is 1.63. The standard InChI is InChI=1S/C18H27N3O2/c1-13(21-10-5-6-14(12-21)19-2)18(22)20-16-9-11-23-17-8-4-3-7-15(16)17/h3-4,7-8,13-14,16,19H,5-6,9-12H2,1-2H3,(H,20,22). The Labute approximate surface area is 138 Å². The van der Waals surface area contributed by atoms with Crippen LogP contribution in [0.1, 0.15) is 37.8 Å². The fraction of sp³-hybridized carbons (Fsp3) is 0.611. The van der Waals surface area contributed by atoms with Crippen molar-refractivity contribution < 1.29 is 9.53 Å². The van der Waals surface area contributed by atoms with Crippen LogP contribution in [0.5, 0.6) is 5.75 Å². The molecule has 1 aromatic carbocycles. The average Bonchev–Trinajstić information content (AvgIpc) is 2.61. The summed E-state index contributed by atoms with van der Waals surface area (Å²) in [7, 11) is 2.00. The molecule has 1 amide bonds. The highest BCUT2D eigenvalue weighted by Crippen LogP contribution is 2.31. The molecule has 0 aromatic heterocycles. The lowest BCUT2D eigenvalue weighted by Crippen LogP contribution is -2.53. The highest BCUT2D eigenvalue weighted by molar-refractivity contribution is 5.82. The molecule has 2 heterocycles. The number of ether oxygens (including phenoxy) is 1. The first-order valence-corrected chi connectivity index (χ1v) is 8.62. The van der Waals surface area contributed by atoms with Gasteiger partial charge in [-0.25, -0.2) is 0 Å². The van der Waals surface area contributed by atoms with Crippen LogP contribution in [0.25, 0.3) is 0 Å². The van der Waals surface area contributed by atoms with Gasteiger partial charge in [-0.05, 0) is 39.4 Å². The van der Waals surface area contributed by atoms with Gasteiger partial charge in [0.2, 0.25) is 5.91 Å². The molecule has 1 saturated heterocycles. The Morgan fingerprint density at radius 3 is 3.00 bits per heavy atom. The van der Waals surface area contributed by atoms with E-state index in [1.54, 1.807) is 0 Å². The molecule has 3 atom stereocenters. The number of piperidine rings is 1. The first kappa shape index (κ1) is 16.3. The molecule has 0 aliphatic carbocycles. The minimum Gasteiger partial charge on any atom is -0.493 e. The fourth-order valence-electron chi connectivity index (χ4n) is 3.54. The molecule has 0 saturated carbocycles. The quantitative estimate of drug-likeness (QED) is 0.887. The van der Waals surface area contributed by atoms with Crippen molar-refractivity contribution in [3.63, 3.8) is 0 Å². The van der Waals surface area contributed by atoms with Crippen LogP contribution >= 0.6 is 0 Å². The van der Waals surface area contributed by atoms with Crippen LogP contribution in [0.2, 0.25) is 0 Å². The van der Waals surface area contributed by atoms with E-state index in [0.29, 0.717) is 12.6 Å². The number of hydrogen-bond acceptors (Lipinski definition) is 4. The van der Waals surface area contributed by atoms with Gasteiger partial charge in [-0.2, -0.15) is 0 Å². The SMILES string of the molecule is CNC1CCCN(C(C)C(=O)NC2CCOc3ccccc32)C1. The number of likely N-dealkylation sites (tertiary alicyclic amines) is 1. The third kappa shape index (κ3) is 3.67. The minimum atomic E-state index is -0.0962. The molecule has 0 radical (unpaired) electrons. The van der Waals surface area contributed by atoms with Gasteiger partial charge in [-0.15, -0.1) is 0 Å². The van der Waals surface area contributed by atoms with E-state index in [-0.39, 0.29) is 18.0 Å². The van der Waals surface area contributed by atoms with Crippen molar-refractivity contribution in [2.75, 3.05) is 26.7 Å². The summed E-state index contributed by atoms with van der Waals surface area (Å²) in [6.07, 6.45) is 3.16. The van der Waals surface area contributed by atoms with E-state index in [0.717, 1.165) is 37.2 Å². The van der Waals surface area contributed by atoms with Gasteiger partial charge in [0.1, 0.15) is 5.75 Å². The number of nitrogens with one attached hydrogen (secondary N) is 2. The Morgan fingerprint density at radius 2 is 2.17 bits per heavy atom. The Morgan fingerprint density at radius 1 is 1.35 bits per heavy atom. The first-order chi connectivity index (χ1) is 11.2. The zero-order valence-electron chi connectivity index (χ0n) is 14.0. The van der Waals surface area contributed by atoms with Crippen molar-refractivity contribution in [3.05, 3.63) is 29.8 Å². The summed E-state index contributed by atoms with van der Waals surface area (Å²) >= 11 is 0. The molecule has 1 fully saturated rings. The van der Waals surface area contributed by atoms with Crippen molar-refractivity contribution in [1.29, 1.82) is 0 Å². The van der Waals surface area contributed by atoms with Gasteiger partial charge >= 0.3 is 0 Å².